The number of fused-ring (bicyclic) bond motifs is 1. The van der Waals surface area contributed by atoms with Crippen molar-refractivity contribution in [1.29, 1.82) is 0 Å². The number of hydrogen-bond acceptors (Lipinski definition) is 4. The number of hydrogen-bond donors (Lipinski definition) is 0. The molecule has 2 heterocycles. The van der Waals surface area contributed by atoms with Gasteiger partial charge in [0.2, 0.25) is 10.0 Å². The fourth-order valence-corrected chi connectivity index (χ4v) is 4.26. The summed E-state index contributed by atoms with van der Waals surface area (Å²) < 4.78 is 34.5. The molecule has 7 heteroatoms. The predicted octanol–water partition coefficient (Wildman–Crippen LogP) is 1.35. The van der Waals surface area contributed by atoms with Crippen LogP contribution < -0.4 is 0 Å². The first-order valence-corrected chi connectivity index (χ1v) is 8.59. The van der Waals surface area contributed by atoms with E-state index in [1.165, 1.54) is 4.31 Å². The molecule has 0 unspecified atom stereocenters. The third-order valence-electron chi connectivity index (χ3n) is 3.82. The molecule has 0 saturated carbocycles. The van der Waals surface area contributed by atoms with Crippen LogP contribution in [-0.4, -0.2) is 42.5 Å². The van der Waals surface area contributed by atoms with Crippen molar-refractivity contribution in [3.05, 3.63) is 48.5 Å². The van der Waals surface area contributed by atoms with Crippen molar-refractivity contribution in [3.63, 3.8) is 0 Å². The molecule has 0 bridgehead atoms. The van der Waals surface area contributed by atoms with Crippen molar-refractivity contribution in [1.82, 2.24) is 13.9 Å². The molecule has 0 saturated heterocycles. The zero-order valence-electron chi connectivity index (χ0n) is 12.4. The van der Waals surface area contributed by atoms with Gasteiger partial charge in [0.1, 0.15) is 5.82 Å². The SMILES string of the molecule is COC[C@@H]1CN(S(=O)(=O)c2ccccc2)Cc2nccn2C1. The van der Waals surface area contributed by atoms with Crippen LogP contribution >= 0.6 is 0 Å². The lowest BCUT2D eigenvalue weighted by molar-refractivity contribution is 0.135. The Kier molecular flexibility index (Phi) is 4.28. The second-order valence-corrected chi connectivity index (χ2v) is 7.37. The van der Waals surface area contributed by atoms with Crippen LogP contribution in [0.25, 0.3) is 0 Å². The molecule has 1 aliphatic rings. The van der Waals surface area contributed by atoms with Gasteiger partial charge in [-0.3, -0.25) is 0 Å². The van der Waals surface area contributed by atoms with E-state index in [0.29, 0.717) is 24.6 Å². The molecule has 3 rings (SSSR count). The molecule has 6 nitrogen and oxygen atoms in total. The molecule has 0 aliphatic carbocycles. The van der Waals surface area contributed by atoms with E-state index >= 15 is 0 Å². The van der Waals surface area contributed by atoms with Gasteiger partial charge < -0.3 is 9.30 Å². The van der Waals surface area contributed by atoms with Crippen molar-refractivity contribution in [2.24, 2.45) is 5.92 Å². The van der Waals surface area contributed by atoms with Crippen LogP contribution in [0.15, 0.2) is 47.6 Å². The molecule has 0 spiro atoms. The third kappa shape index (κ3) is 2.92. The van der Waals surface area contributed by atoms with Crippen LogP contribution in [0.3, 0.4) is 0 Å². The molecular weight excluding hydrogens is 302 g/mol. The summed E-state index contributed by atoms with van der Waals surface area (Å²) in [4.78, 5) is 4.60. The van der Waals surface area contributed by atoms with Crippen LogP contribution in [0, 0.1) is 5.92 Å². The Morgan fingerprint density at radius 1 is 1.27 bits per heavy atom. The highest BCUT2D eigenvalue weighted by molar-refractivity contribution is 7.89. The molecular formula is C15H19N3O3S. The van der Waals surface area contributed by atoms with Gasteiger partial charge in [0.25, 0.3) is 0 Å². The van der Waals surface area contributed by atoms with Crippen molar-refractivity contribution >= 4 is 10.0 Å². The number of nitrogens with zero attached hydrogens (tertiary/aromatic N) is 3. The summed E-state index contributed by atoms with van der Waals surface area (Å²) in [5, 5.41) is 0. The second kappa shape index (κ2) is 6.20. The highest BCUT2D eigenvalue weighted by Gasteiger charge is 2.31. The summed E-state index contributed by atoms with van der Waals surface area (Å²) >= 11 is 0. The number of rotatable bonds is 4. The molecule has 1 aromatic heterocycles. The van der Waals surface area contributed by atoms with Crippen molar-refractivity contribution < 1.29 is 13.2 Å². The summed E-state index contributed by atoms with van der Waals surface area (Å²) in [6.07, 6.45) is 3.59. The maximum atomic E-state index is 12.9. The summed E-state index contributed by atoms with van der Waals surface area (Å²) in [5.74, 6) is 0.858. The van der Waals surface area contributed by atoms with E-state index in [9.17, 15) is 8.42 Å². The zero-order valence-corrected chi connectivity index (χ0v) is 13.2. The standard InChI is InChI=1S/C15H19N3O3S/c1-21-12-13-9-17-8-7-16-15(17)11-18(10-13)22(19,20)14-5-3-2-4-6-14/h2-8,13H,9-12H2,1H3/t13-/m0/s1. The molecule has 1 aromatic carbocycles. The van der Waals surface area contributed by atoms with E-state index in [-0.39, 0.29) is 12.5 Å². The number of benzene rings is 1. The van der Waals surface area contributed by atoms with Crippen molar-refractivity contribution in [2.45, 2.75) is 18.0 Å². The van der Waals surface area contributed by atoms with E-state index in [2.05, 4.69) is 4.98 Å². The van der Waals surface area contributed by atoms with E-state index in [1.807, 2.05) is 16.8 Å². The van der Waals surface area contributed by atoms with Gasteiger partial charge in [0.05, 0.1) is 18.0 Å². The second-order valence-electron chi connectivity index (χ2n) is 5.43. The lowest BCUT2D eigenvalue weighted by Crippen LogP contribution is -2.35. The van der Waals surface area contributed by atoms with Crippen LogP contribution in [0.4, 0.5) is 0 Å². The fraction of sp³-hybridized carbons (Fsp3) is 0.400. The topological polar surface area (TPSA) is 64.4 Å². The Hall–Kier alpha value is -1.70. The van der Waals surface area contributed by atoms with Crippen LogP contribution in [0.5, 0.6) is 0 Å². The molecule has 0 amide bonds. The van der Waals surface area contributed by atoms with E-state index in [0.717, 1.165) is 5.82 Å². The molecule has 118 valence electrons. The molecule has 0 fully saturated rings. The summed E-state index contributed by atoms with van der Waals surface area (Å²) in [6, 6.07) is 8.52. The highest BCUT2D eigenvalue weighted by Crippen LogP contribution is 2.23. The van der Waals surface area contributed by atoms with Crippen molar-refractivity contribution in [3.8, 4) is 0 Å². The quantitative estimate of drug-likeness (QED) is 0.853. The predicted molar refractivity (Wildman–Crippen MR) is 81.6 cm³/mol. The van der Waals surface area contributed by atoms with Gasteiger partial charge in [-0.05, 0) is 12.1 Å². The van der Waals surface area contributed by atoms with E-state index in [4.69, 9.17) is 4.74 Å². The highest BCUT2D eigenvalue weighted by atomic mass is 32.2. The molecule has 0 N–H and O–H groups in total. The van der Waals surface area contributed by atoms with E-state index < -0.39 is 10.0 Å². The first-order valence-electron chi connectivity index (χ1n) is 7.15. The fourth-order valence-electron chi connectivity index (χ4n) is 2.77. The Labute approximate surface area is 130 Å². The lowest BCUT2D eigenvalue weighted by Gasteiger charge is -2.23. The number of imidazole rings is 1. The van der Waals surface area contributed by atoms with Gasteiger partial charge >= 0.3 is 0 Å². The van der Waals surface area contributed by atoms with E-state index in [1.54, 1.807) is 37.6 Å². The van der Waals surface area contributed by atoms with Gasteiger partial charge in [0.15, 0.2) is 0 Å². The number of aromatic nitrogens is 2. The Balaban J connectivity index is 1.95. The monoisotopic (exact) mass is 321 g/mol. The maximum absolute atomic E-state index is 12.9. The first kappa shape index (κ1) is 15.2. The first-order chi connectivity index (χ1) is 10.6. The maximum Gasteiger partial charge on any atom is 0.243 e. The Morgan fingerprint density at radius 2 is 2.05 bits per heavy atom. The number of sulfonamides is 1. The average molecular weight is 321 g/mol. The smallest absolute Gasteiger partial charge is 0.243 e. The van der Waals surface area contributed by atoms with Crippen LogP contribution in [-0.2, 0) is 27.8 Å². The molecule has 22 heavy (non-hydrogen) atoms. The Bertz CT molecular complexity index is 728. The molecule has 0 radical (unpaired) electrons. The molecule has 1 aliphatic heterocycles. The lowest BCUT2D eigenvalue weighted by atomic mass is 10.1. The van der Waals surface area contributed by atoms with Gasteiger partial charge in [-0.15, -0.1) is 0 Å². The van der Waals surface area contributed by atoms with Crippen LogP contribution in [0.1, 0.15) is 5.82 Å². The van der Waals surface area contributed by atoms with Gasteiger partial charge in [-0.25, -0.2) is 13.4 Å². The minimum Gasteiger partial charge on any atom is -0.384 e. The minimum atomic E-state index is -3.53. The summed E-state index contributed by atoms with van der Waals surface area (Å²) in [5.41, 5.74) is 0. The van der Waals surface area contributed by atoms with Gasteiger partial charge in [-0.2, -0.15) is 4.31 Å². The van der Waals surface area contributed by atoms with Gasteiger partial charge in [0, 0.05) is 38.5 Å². The summed E-state index contributed by atoms with van der Waals surface area (Å²) in [6.45, 7) is 1.93. The zero-order chi connectivity index (χ0) is 15.6. The molecule has 1 atom stereocenters. The average Bonchev–Trinajstić information content (AvgIpc) is 2.87. The van der Waals surface area contributed by atoms with Crippen molar-refractivity contribution in [2.75, 3.05) is 20.3 Å². The number of methoxy groups -OCH3 is 1. The van der Waals surface area contributed by atoms with Gasteiger partial charge in [-0.1, -0.05) is 18.2 Å². The third-order valence-corrected chi connectivity index (χ3v) is 5.65. The van der Waals surface area contributed by atoms with Crippen LogP contribution in [0.2, 0.25) is 0 Å². The minimum absolute atomic E-state index is 0.0962. The summed E-state index contributed by atoms with van der Waals surface area (Å²) in [7, 11) is -1.90. The number of ether oxygens (including phenoxy) is 1. The normalized spacial score (nSPS) is 19.6. The largest absolute Gasteiger partial charge is 0.384 e. The Morgan fingerprint density at radius 3 is 2.77 bits per heavy atom. The molecule has 2 aromatic rings.